The Kier molecular flexibility index (Phi) is 6.78. The molecule has 1 atom stereocenters. The monoisotopic (exact) mass is 395 g/mol. The van der Waals surface area contributed by atoms with Crippen molar-refractivity contribution in [2.45, 2.75) is 13.0 Å². The van der Waals surface area contributed by atoms with Crippen LogP contribution in [0.2, 0.25) is 0 Å². The molecule has 0 radical (unpaired) electrons. The van der Waals surface area contributed by atoms with Crippen LogP contribution in [0.15, 0.2) is 21.1 Å². The van der Waals surface area contributed by atoms with E-state index < -0.39 is 12.1 Å². The van der Waals surface area contributed by atoms with E-state index in [2.05, 4.69) is 37.2 Å². The second kappa shape index (κ2) is 7.84. The summed E-state index contributed by atoms with van der Waals surface area (Å²) in [6, 6.07) is 3.27. The first-order valence-electron chi connectivity index (χ1n) is 5.68. The molecule has 0 bridgehead atoms. The third-order valence-corrected chi connectivity index (χ3v) is 3.53. The van der Waals surface area contributed by atoms with Gasteiger partial charge in [-0.1, -0.05) is 0 Å². The van der Waals surface area contributed by atoms with Gasteiger partial charge < -0.3 is 20.3 Å². The van der Waals surface area contributed by atoms with Crippen molar-refractivity contribution >= 4 is 43.5 Å². The molecule has 1 rings (SSSR count). The van der Waals surface area contributed by atoms with Gasteiger partial charge in [-0.3, -0.25) is 0 Å². The zero-order valence-corrected chi connectivity index (χ0v) is 13.5. The van der Waals surface area contributed by atoms with Gasteiger partial charge in [0.2, 0.25) is 0 Å². The van der Waals surface area contributed by atoms with Gasteiger partial charge in [-0.05, 0) is 50.9 Å². The van der Waals surface area contributed by atoms with Crippen molar-refractivity contribution in [2.24, 2.45) is 0 Å². The van der Waals surface area contributed by atoms with Gasteiger partial charge in [0.15, 0.2) is 0 Å². The number of esters is 1. The summed E-state index contributed by atoms with van der Waals surface area (Å²) in [5.41, 5.74) is 1.12. The van der Waals surface area contributed by atoms with Crippen LogP contribution in [0.5, 0.6) is 0 Å². The van der Waals surface area contributed by atoms with Crippen molar-refractivity contribution in [1.82, 2.24) is 0 Å². The SMILES string of the molecule is CCOC(=O)c1cc(Br)c(NCC(O)CO)c(Br)c1. The number of carbonyl (C=O) groups excluding carboxylic acids is 1. The summed E-state index contributed by atoms with van der Waals surface area (Å²) < 4.78 is 6.24. The van der Waals surface area contributed by atoms with Crippen LogP contribution in [0.4, 0.5) is 5.69 Å². The molecule has 0 aromatic heterocycles. The van der Waals surface area contributed by atoms with Crippen LogP contribution in [0.1, 0.15) is 17.3 Å². The van der Waals surface area contributed by atoms with Gasteiger partial charge in [0.1, 0.15) is 0 Å². The van der Waals surface area contributed by atoms with Crippen molar-refractivity contribution in [3.63, 3.8) is 0 Å². The summed E-state index contributed by atoms with van der Waals surface area (Å²) in [6.07, 6.45) is -0.844. The van der Waals surface area contributed by atoms with Gasteiger partial charge in [-0.25, -0.2) is 4.79 Å². The second-order valence-corrected chi connectivity index (χ2v) is 5.46. The Morgan fingerprint density at radius 2 is 2.00 bits per heavy atom. The smallest absolute Gasteiger partial charge is 0.338 e. The van der Waals surface area contributed by atoms with Gasteiger partial charge in [-0.15, -0.1) is 0 Å². The lowest BCUT2D eigenvalue weighted by molar-refractivity contribution is 0.0526. The average Bonchev–Trinajstić information content (AvgIpc) is 2.37. The topological polar surface area (TPSA) is 78.8 Å². The quantitative estimate of drug-likeness (QED) is 0.642. The van der Waals surface area contributed by atoms with Crippen LogP contribution < -0.4 is 5.32 Å². The van der Waals surface area contributed by atoms with E-state index in [9.17, 15) is 9.90 Å². The van der Waals surface area contributed by atoms with Crippen LogP contribution in [0, 0.1) is 0 Å². The molecule has 0 spiro atoms. The normalized spacial score (nSPS) is 12.1. The Morgan fingerprint density at radius 1 is 1.42 bits per heavy atom. The lowest BCUT2D eigenvalue weighted by Gasteiger charge is -2.14. The number of rotatable bonds is 6. The van der Waals surface area contributed by atoms with E-state index in [1.54, 1.807) is 19.1 Å². The molecule has 0 fully saturated rings. The van der Waals surface area contributed by atoms with Crippen molar-refractivity contribution in [3.05, 3.63) is 26.6 Å². The van der Waals surface area contributed by atoms with Crippen LogP contribution in [0.3, 0.4) is 0 Å². The molecule has 1 aromatic rings. The van der Waals surface area contributed by atoms with Crippen LogP contribution >= 0.6 is 31.9 Å². The average molecular weight is 397 g/mol. The zero-order chi connectivity index (χ0) is 14.4. The lowest BCUT2D eigenvalue weighted by Crippen LogP contribution is -2.23. The maximum Gasteiger partial charge on any atom is 0.338 e. The van der Waals surface area contributed by atoms with Crippen molar-refractivity contribution < 1.29 is 19.7 Å². The van der Waals surface area contributed by atoms with Crippen LogP contribution in [-0.2, 0) is 4.74 Å². The number of hydrogen-bond acceptors (Lipinski definition) is 5. The Hall–Kier alpha value is -0.630. The van der Waals surface area contributed by atoms with Gasteiger partial charge in [0.25, 0.3) is 0 Å². The maximum atomic E-state index is 11.6. The molecule has 0 aliphatic carbocycles. The summed E-state index contributed by atoms with van der Waals surface area (Å²) in [5.74, 6) is -0.397. The number of ether oxygens (including phenoxy) is 1. The zero-order valence-electron chi connectivity index (χ0n) is 10.3. The molecule has 1 aromatic carbocycles. The van der Waals surface area contributed by atoms with E-state index in [0.29, 0.717) is 26.8 Å². The highest BCUT2D eigenvalue weighted by molar-refractivity contribution is 9.11. The van der Waals surface area contributed by atoms with E-state index in [4.69, 9.17) is 9.84 Å². The van der Waals surface area contributed by atoms with Crippen molar-refractivity contribution in [1.29, 1.82) is 0 Å². The van der Waals surface area contributed by atoms with E-state index in [1.165, 1.54) is 0 Å². The first-order chi connectivity index (χ1) is 8.99. The molecule has 0 aliphatic rings. The summed E-state index contributed by atoms with van der Waals surface area (Å²) in [5, 5.41) is 21.0. The van der Waals surface area contributed by atoms with E-state index in [-0.39, 0.29) is 13.2 Å². The number of aliphatic hydroxyl groups excluding tert-OH is 2. The summed E-state index contributed by atoms with van der Waals surface area (Å²) in [6.45, 7) is 1.94. The summed E-state index contributed by atoms with van der Waals surface area (Å²) in [7, 11) is 0. The standard InChI is InChI=1S/C12H15Br2NO4/c1-2-19-12(18)7-3-9(13)11(10(14)4-7)15-5-8(17)6-16/h3-4,8,15-17H,2,5-6H2,1H3. The van der Waals surface area contributed by atoms with Gasteiger partial charge in [0, 0.05) is 15.5 Å². The maximum absolute atomic E-state index is 11.6. The Morgan fingerprint density at radius 3 is 2.47 bits per heavy atom. The number of carbonyl (C=O) groups is 1. The molecular weight excluding hydrogens is 382 g/mol. The number of anilines is 1. The largest absolute Gasteiger partial charge is 0.462 e. The first kappa shape index (κ1) is 16.4. The van der Waals surface area contributed by atoms with Gasteiger partial charge in [-0.2, -0.15) is 0 Å². The predicted octanol–water partition coefficient (Wildman–Crippen LogP) is 2.15. The highest BCUT2D eigenvalue weighted by atomic mass is 79.9. The fraction of sp³-hybridized carbons (Fsp3) is 0.417. The lowest BCUT2D eigenvalue weighted by atomic mass is 10.2. The molecule has 19 heavy (non-hydrogen) atoms. The van der Waals surface area contributed by atoms with Gasteiger partial charge in [0.05, 0.1) is 30.6 Å². The van der Waals surface area contributed by atoms with Crippen LogP contribution in [0.25, 0.3) is 0 Å². The third kappa shape index (κ3) is 4.76. The molecule has 106 valence electrons. The fourth-order valence-corrected chi connectivity index (χ4v) is 2.83. The Balaban J connectivity index is 2.88. The molecular formula is C12H15Br2NO4. The minimum absolute atomic E-state index is 0.201. The van der Waals surface area contributed by atoms with E-state index >= 15 is 0 Å². The number of benzene rings is 1. The van der Waals surface area contributed by atoms with Crippen molar-refractivity contribution in [2.75, 3.05) is 25.1 Å². The van der Waals surface area contributed by atoms with E-state index in [0.717, 1.165) is 0 Å². The highest BCUT2D eigenvalue weighted by Crippen LogP contribution is 2.32. The number of aliphatic hydroxyl groups is 2. The number of hydrogen-bond donors (Lipinski definition) is 3. The summed E-state index contributed by atoms with van der Waals surface area (Å²) >= 11 is 6.69. The Bertz CT molecular complexity index is 430. The minimum atomic E-state index is -0.844. The van der Waals surface area contributed by atoms with E-state index in [1.807, 2.05) is 0 Å². The molecule has 0 saturated carbocycles. The molecule has 0 aliphatic heterocycles. The minimum Gasteiger partial charge on any atom is -0.462 e. The predicted molar refractivity (Wildman–Crippen MR) is 79.4 cm³/mol. The molecule has 0 saturated heterocycles. The molecule has 0 heterocycles. The molecule has 5 nitrogen and oxygen atoms in total. The Labute approximate surface area is 128 Å². The number of nitrogens with one attached hydrogen (secondary N) is 1. The third-order valence-electron chi connectivity index (χ3n) is 2.28. The first-order valence-corrected chi connectivity index (χ1v) is 7.27. The number of halogens is 2. The molecule has 1 unspecified atom stereocenters. The van der Waals surface area contributed by atoms with Gasteiger partial charge >= 0.3 is 5.97 Å². The fourth-order valence-electron chi connectivity index (χ4n) is 1.36. The molecule has 7 heteroatoms. The summed E-state index contributed by atoms with van der Waals surface area (Å²) in [4.78, 5) is 11.6. The molecule has 3 N–H and O–H groups in total. The van der Waals surface area contributed by atoms with Crippen molar-refractivity contribution in [3.8, 4) is 0 Å². The second-order valence-electron chi connectivity index (χ2n) is 3.75. The van der Waals surface area contributed by atoms with Crippen LogP contribution in [-0.4, -0.2) is 42.0 Å². The molecule has 0 amide bonds. The highest BCUT2D eigenvalue weighted by Gasteiger charge is 2.14.